The molecule has 2 aromatic carbocycles. The molecule has 1 atom stereocenters. The van der Waals surface area contributed by atoms with Crippen molar-refractivity contribution in [2.75, 3.05) is 32.8 Å². The number of piperazine rings is 1. The summed E-state index contributed by atoms with van der Waals surface area (Å²) in [6.45, 7) is 7.97. The number of benzene rings is 2. The highest BCUT2D eigenvalue weighted by molar-refractivity contribution is 5.71. The lowest BCUT2D eigenvalue weighted by Gasteiger charge is -2.43. The highest BCUT2D eigenvalue weighted by atomic mass is 16.5. The van der Waals surface area contributed by atoms with Crippen LogP contribution in [0.5, 0.6) is 0 Å². The maximum absolute atomic E-state index is 12.1. The Labute approximate surface area is 169 Å². The molecule has 0 spiro atoms. The molecule has 1 saturated heterocycles. The van der Waals surface area contributed by atoms with Gasteiger partial charge in [-0.3, -0.25) is 14.6 Å². The van der Waals surface area contributed by atoms with Gasteiger partial charge in [-0.25, -0.2) is 0 Å². The Morgan fingerprint density at radius 3 is 2.18 bits per heavy atom. The van der Waals surface area contributed by atoms with Crippen LogP contribution in [-0.2, 0) is 9.53 Å². The molecule has 0 amide bonds. The molecule has 0 saturated carbocycles. The van der Waals surface area contributed by atoms with Crippen LogP contribution < -0.4 is 0 Å². The van der Waals surface area contributed by atoms with Crippen LogP contribution in [0.1, 0.15) is 43.9 Å². The Hall–Kier alpha value is -2.17. The Kier molecular flexibility index (Phi) is 7.63. The molecular formula is C24H32N2O2. The zero-order valence-corrected chi connectivity index (χ0v) is 17.1. The molecule has 0 N–H and O–H groups in total. The molecule has 1 fully saturated rings. The van der Waals surface area contributed by atoms with Gasteiger partial charge < -0.3 is 4.74 Å². The van der Waals surface area contributed by atoms with Crippen LogP contribution in [0.3, 0.4) is 0 Å². The smallest absolute Gasteiger partial charge is 0.320 e. The lowest BCUT2D eigenvalue weighted by molar-refractivity contribution is -0.146. The molecule has 0 aliphatic carbocycles. The predicted molar refractivity (Wildman–Crippen MR) is 113 cm³/mol. The first-order valence-corrected chi connectivity index (χ1v) is 10.4. The van der Waals surface area contributed by atoms with Crippen molar-refractivity contribution in [1.29, 1.82) is 0 Å². The lowest BCUT2D eigenvalue weighted by atomic mass is 9.95. The number of carbonyl (C=O) groups is 1. The van der Waals surface area contributed by atoms with Gasteiger partial charge in [-0.05, 0) is 24.5 Å². The van der Waals surface area contributed by atoms with Crippen LogP contribution in [-0.4, -0.2) is 54.6 Å². The van der Waals surface area contributed by atoms with E-state index < -0.39 is 0 Å². The average Bonchev–Trinajstić information content (AvgIpc) is 2.72. The maximum Gasteiger partial charge on any atom is 0.320 e. The summed E-state index contributed by atoms with van der Waals surface area (Å²) in [5.41, 5.74) is 2.63. The van der Waals surface area contributed by atoms with Gasteiger partial charge in [0, 0.05) is 25.7 Å². The van der Waals surface area contributed by atoms with E-state index in [1.165, 1.54) is 11.1 Å². The summed E-state index contributed by atoms with van der Waals surface area (Å²) < 4.78 is 5.35. The van der Waals surface area contributed by atoms with Crippen LogP contribution in [0, 0.1) is 0 Å². The molecule has 150 valence electrons. The first-order valence-electron chi connectivity index (χ1n) is 10.4. The summed E-state index contributed by atoms with van der Waals surface area (Å²) in [5, 5.41) is 0. The molecule has 1 unspecified atom stereocenters. The standard InChI is InChI=1S/C24H32N2O2/c1-3-4-17-28-23(27)19-25-15-16-26(18-20(25)2)24(21-11-7-5-8-12-21)22-13-9-6-10-14-22/h5-14,20,24H,3-4,15-19H2,1-2H3. The van der Waals surface area contributed by atoms with Crippen molar-refractivity contribution < 1.29 is 9.53 Å². The van der Waals surface area contributed by atoms with E-state index >= 15 is 0 Å². The first-order chi connectivity index (χ1) is 13.7. The highest BCUT2D eigenvalue weighted by Gasteiger charge is 2.31. The van der Waals surface area contributed by atoms with Gasteiger partial charge in [0.25, 0.3) is 0 Å². The number of esters is 1. The Morgan fingerprint density at radius 2 is 1.64 bits per heavy atom. The van der Waals surface area contributed by atoms with Crippen LogP contribution in [0.2, 0.25) is 0 Å². The fraction of sp³-hybridized carbons (Fsp3) is 0.458. The summed E-state index contributed by atoms with van der Waals surface area (Å²) >= 11 is 0. The van der Waals surface area contributed by atoms with Crippen molar-refractivity contribution in [2.45, 2.75) is 38.8 Å². The lowest BCUT2D eigenvalue weighted by Crippen LogP contribution is -2.54. The molecule has 4 heteroatoms. The maximum atomic E-state index is 12.1. The van der Waals surface area contributed by atoms with E-state index in [0.717, 1.165) is 32.5 Å². The van der Waals surface area contributed by atoms with Gasteiger partial charge >= 0.3 is 5.97 Å². The minimum Gasteiger partial charge on any atom is -0.465 e. The Morgan fingerprint density at radius 1 is 1.04 bits per heavy atom. The van der Waals surface area contributed by atoms with E-state index in [9.17, 15) is 4.79 Å². The normalized spacial score (nSPS) is 18.3. The van der Waals surface area contributed by atoms with Gasteiger partial charge in [0.1, 0.15) is 0 Å². The molecular weight excluding hydrogens is 348 g/mol. The fourth-order valence-corrected chi connectivity index (χ4v) is 3.92. The minimum absolute atomic E-state index is 0.101. The fourth-order valence-electron chi connectivity index (χ4n) is 3.92. The molecule has 1 heterocycles. The number of unbranched alkanes of at least 4 members (excludes halogenated alkanes) is 1. The van der Waals surface area contributed by atoms with Gasteiger partial charge in [0.05, 0.1) is 19.2 Å². The van der Waals surface area contributed by atoms with Gasteiger partial charge in [-0.1, -0.05) is 74.0 Å². The van der Waals surface area contributed by atoms with Crippen molar-refractivity contribution in [3.8, 4) is 0 Å². The van der Waals surface area contributed by atoms with E-state index in [4.69, 9.17) is 4.74 Å². The second-order valence-electron chi connectivity index (χ2n) is 7.61. The first kappa shape index (κ1) is 20.6. The highest BCUT2D eigenvalue weighted by Crippen LogP contribution is 2.30. The second kappa shape index (κ2) is 10.4. The van der Waals surface area contributed by atoms with Crippen LogP contribution in [0.15, 0.2) is 60.7 Å². The van der Waals surface area contributed by atoms with Crippen LogP contribution in [0.4, 0.5) is 0 Å². The number of carbonyl (C=O) groups excluding carboxylic acids is 1. The van der Waals surface area contributed by atoms with Crippen molar-refractivity contribution >= 4 is 5.97 Å². The van der Waals surface area contributed by atoms with Gasteiger partial charge in [-0.2, -0.15) is 0 Å². The molecule has 0 aromatic heterocycles. The third kappa shape index (κ3) is 5.43. The van der Waals surface area contributed by atoms with E-state index in [1.807, 2.05) is 0 Å². The number of nitrogens with zero attached hydrogens (tertiary/aromatic N) is 2. The number of hydrogen-bond donors (Lipinski definition) is 0. The Balaban J connectivity index is 1.67. The number of rotatable bonds is 8. The van der Waals surface area contributed by atoms with E-state index in [0.29, 0.717) is 19.2 Å². The predicted octanol–water partition coefficient (Wildman–Crippen LogP) is 4.13. The quantitative estimate of drug-likeness (QED) is 0.509. The molecule has 28 heavy (non-hydrogen) atoms. The van der Waals surface area contributed by atoms with Gasteiger partial charge in [0.15, 0.2) is 0 Å². The average molecular weight is 381 g/mol. The van der Waals surface area contributed by atoms with Crippen molar-refractivity contribution in [1.82, 2.24) is 9.80 Å². The topological polar surface area (TPSA) is 32.8 Å². The van der Waals surface area contributed by atoms with Crippen LogP contribution >= 0.6 is 0 Å². The van der Waals surface area contributed by atoms with E-state index in [2.05, 4.69) is 84.3 Å². The summed E-state index contributed by atoms with van der Waals surface area (Å²) in [6, 6.07) is 21.9. The number of ether oxygens (including phenoxy) is 1. The number of hydrogen-bond acceptors (Lipinski definition) is 4. The molecule has 0 radical (unpaired) electrons. The van der Waals surface area contributed by atoms with Crippen molar-refractivity contribution in [3.05, 3.63) is 71.8 Å². The van der Waals surface area contributed by atoms with Gasteiger partial charge in [-0.15, -0.1) is 0 Å². The largest absolute Gasteiger partial charge is 0.465 e. The molecule has 1 aliphatic heterocycles. The third-order valence-corrected chi connectivity index (χ3v) is 5.49. The molecule has 0 bridgehead atoms. The summed E-state index contributed by atoms with van der Waals surface area (Å²) in [4.78, 5) is 16.9. The molecule has 4 nitrogen and oxygen atoms in total. The van der Waals surface area contributed by atoms with Crippen molar-refractivity contribution in [3.63, 3.8) is 0 Å². The SMILES string of the molecule is CCCCOC(=O)CN1CCN(C(c2ccccc2)c2ccccc2)CC1C. The third-order valence-electron chi connectivity index (χ3n) is 5.49. The van der Waals surface area contributed by atoms with Gasteiger partial charge in [0.2, 0.25) is 0 Å². The second-order valence-corrected chi connectivity index (χ2v) is 7.61. The molecule has 3 rings (SSSR count). The molecule has 1 aliphatic rings. The zero-order chi connectivity index (χ0) is 19.8. The zero-order valence-electron chi connectivity index (χ0n) is 17.1. The molecule has 2 aromatic rings. The Bertz CT molecular complexity index is 680. The van der Waals surface area contributed by atoms with E-state index in [1.54, 1.807) is 0 Å². The van der Waals surface area contributed by atoms with Crippen LogP contribution in [0.25, 0.3) is 0 Å². The van der Waals surface area contributed by atoms with E-state index in [-0.39, 0.29) is 12.0 Å². The van der Waals surface area contributed by atoms with Crippen molar-refractivity contribution in [2.24, 2.45) is 0 Å². The summed E-state index contributed by atoms with van der Waals surface area (Å²) in [7, 11) is 0. The minimum atomic E-state index is -0.101. The monoisotopic (exact) mass is 380 g/mol. The summed E-state index contributed by atoms with van der Waals surface area (Å²) in [5.74, 6) is -0.101. The summed E-state index contributed by atoms with van der Waals surface area (Å²) in [6.07, 6.45) is 1.98.